The first-order valence-electron chi connectivity index (χ1n) is 16.5. The van der Waals surface area contributed by atoms with Gasteiger partial charge in [-0.2, -0.15) is 0 Å². The average molecular weight is 1240 g/mol. The Labute approximate surface area is 389 Å². The van der Waals surface area contributed by atoms with Crippen LogP contribution in [0.15, 0.2) is 24.3 Å². The van der Waals surface area contributed by atoms with E-state index in [2.05, 4.69) is 79.8 Å². The Kier molecular flexibility index (Phi) is 67.4. The first-order chi connectivity index (χ1) is 19.7. The van der Waals surface area contributed by atoms with Gasteiger partial charge in [0, 0.05) is 65.4 Å². The predicted molar refractivity (Wildman–Crippen MR) is 262 cm³/mol. The molecule has 2 fully saturated rings. The van der Waals surface area contributed by atoms with E-state index in [1.807, 2.05) is 0 Å². The number of hydrogen-bond acceptors (Lipinski definition) is 8. The summed E-state index contributed by atoms with van der Waals surface area (Å²) in [6.45, 7) is 24.7. The molecule has 0 radical (unpaired) electrons. The Morgan fingerprint density at radius 2 is 0.660 bits per heavy atom. The minimum absolute atomic E-state index is 0. The van der Waals surface area contributed by atoms with Gasteiger partial charge in [-0.15, -0.1) is 136 Å². The van der Waals surface area contributed by atoms with Crippen LogP contribution in [0.4, 0.5) is 0 Å². The summed E-state index contributed by atoms with van der Waals surface area (Å²) in [5, 5.41) is 21.5. The maximum Gasteiger partial charge on any atom is 0.0107 e. The maximum atomic E-state index is 3.65. The lowest BCUT2D eigenvalue weighted by Gasteiger charge is -2.28. The highest BCUT2D eigenvalue weighted by molar-refractivity contribution is 8.93. The van der Waals surface area contributed by atoms with Gasteiger partial charge in [-0.25, -0.2) is 0 Å². The summed E-state index contributed by atoms with van der Waals surface area (Å²) < 4.78 is 0. The Morgan fingerprint density at radius 3 is 0.960 bits per heavy atom. The van der Waals surface area contributed by atoms with E-state index in [0.29, 0.717) is 11.8 Å². The van der Waals surface area contributed by atoms with Crippen molar-refractivity contribution in [3.63, 3.8) is 0 Å². The van der Waals surface area contributed by atoms with Crippen molar-refractivity contribution in [2.45, 2.75) is 51.4 Å². The van der Waals surface area contributed by atoms with Gasteiger partial charge in [0.25, 0.3) is 0 Å². The molecule has 10 N–H and O–H groups in total. The topological polar surface area (TPSA) is 142 Å². The van der Waals surface area contributed by atoms with E-state index in [1.54, 1.807) is 0 Å². The van der Waals surface area contributed by atoms with Crippen LogP contribution < -0.4 is 31.9 Å². The Hall–Kier alpha value is 2.66. The number of nitrogens with zero attached hydrogens (tertiary/aromatic N) is 2. The lowest BCUT2D eigenvalue weighted by Crippen LogP contribution is -2.38. The Morgan fingerprint density at radius 1 is 0.400 bits per heavy atom. The summed E-state index contributed by atoms with van der Waals surface area (Å²) in [6, 6.07) is 9.59. The number of hydrogen-bond donors (Lipinski definition) is 6. The van der Waals surface area contributed by atoms with Crippen LogP contribution in [0.5, 0.6) is 0 Å². The van der Waals surface area contributed by atoms with Gasteiger partial charge >= 0.3 is 0 Å². The Bertz CT molecular complexity index is 684. The van der Waals surface area contributed by atoms with E-state index >= 15 is 0 Å². The van der Waals surface area contributed by atoms with Crippen LogP contribution >= 0.6 is 136 Å². The van der Waals surface area contributed by atoms with Crippen LogP contribution in [0.1, 0.15) is 62.5 Å². The van der Waals surface area contributed by atoms with E-state index < -0.39 is 0 Å². The molecule has 2 atom stereocenters. The standard InChI is InChI=1S/C32H62N8.8BrH.2H2O/c1-29(27-39-23-5-15-35-19-17-33-11-3-13-37-21-25-39)31-7-9-32(10-8-31)30(2)28-40-24-6-16-36-20-18-34-12-4-14-38-22-26-40;;;;;;;;;;/h7-10,29-30,33-38H,3-6,11-28H2,1-2H3;8*1H;2*1H2. The molecule has 2 aliphatic rings. The SMILES string of the molecule is Br.Br.Br.Br.Br.Br.Br.Br.CC(CN1CCCNCCNCCCNCC1)c1ccc(C(C)CN2CCCNCCNCCCNCC2)cc1.O.O. The van der Waals surface area contributed by atoms with E-state index in [9.17, 15) is 0 Å². The second-order valence-corrected chi connectivity index (χ2v) is 12.0. The molecule has 50 heavy (non-hydrogen) atoms. The molecule has 2 unspecified atom stereocenters. The van der Waals surface area contributed by atoms with Crippen LogP contribution in [0.3, 0.4) is 0 Å². The summed E-state index contributed by atoms with van der Waals surface area (Å²) in [5.74, 6) is 1.08. The third-order valence-corrected chi connectivity index (χ3v) is 8.38. The second-order valence-electron chi connectivity index (χ2n) is 12.0. The van der Waals surface area contributed by atoms with Gasteiger partial charge in [-0.05, 0) is 101 Å². The van der Waals surface area contributed by atoms with Crippen LogP contribution in [0.2, 0.25) is 0 Å². The third kappa shape index (κ3) is 34.0. The summed E-state index contributed by atoms with van der Waals surface area (Å²) in [7, 11) is 0. The lowest BCUT2D eigenvalue weighted by molar-refractivity contribution is 0.255. The van der Waals surface area contributed by atoms with Crippen LogP contribution in [-0.2, 0) is 0 Å². The Balaban J connectivity index is -0.000000294. The summed E-state index contributed by atoms with van der Waals surface area (Å²) in [5.41, 5.74) is 2.94. The van der Waals surface area contributed by atoms with Gasteiger partial charge in [0.2, 0.25) is 0 Å². The molecular weight excluding hydrogens is 1170 g/mol. The van der Waals surface area contributed by atoms with Gasteiger partial charge in [0.15, 0.2) is 0 Å². The molecular formula is C32H74Br8N8O2. The number of rotatable bonds is 6. The molecule has 10 nitrogen and oxygen atoms in total. The molecule has 2 aliphatic heterocycles. The highest BCUT2D eigenvalue weighted by Crippen LogP contribution is 2.22. The molecule has 2 heterocycles. The quantitative estimate of drug-likeness (QED) is 0.243. The lowest BCUT2D eigenvalue weighted by atomic mass is 9.94. The minimum Gasteiger partial charge on any atom is -0.412 e. The molecule has 0 aromatic heterocycles. The number of nitrogens with one attached hydrogen (secondary N) is 6. The first kappa shape index (κ1) is 70.5. The van der Waals surface area contributed by atoms with Crippen molar-refractivity contribution in [1.29, 1.82) is 0 Å². The largest absolute Gasteiger partial charge is 0.412 e. The van der Waals surface area contributed by atoms with Crippen molar-refractivity contribution in [2.24, 2.45) is 0 Å². The predicted octanol–water partition coefficient (Wildman–Crippen LogP) is 4.60. The fourth-order valence-corrected chi connectivity index (χ4v) is 5.84. The van der Waals surface area contributed by atoms with Crippen molar-refractivity contribution < 1.29 is 11.0 Å². The highest BCUT2D eigenvalue weighted by Gasteiger charge is 2.15. The van der Waals surface area contributed by atoms with Gasteiger partial charge in [-0.1, -0.05) is 38.1 Å². The minimum atomic E-state index is 0. The van der Waals surface area contributed by atoms with Gasteiger partial charge < -0.3 is 52.7 Å². The molecule has 3 rings (SSSR count). The summed E-state index contributed by atoms with van der Waals surface area (Å²) in [4.78, 5) is 5.33. The molecule has 310 valence electrons. The fourth-order valence-electron chi connectivity index (χ4n) is 5.84. The van der Waals surface area contributed by atoms with Crippen LogP contribution in [-0.4, -0.2) is 139 Å². The van der Waals surface area contributed by atoms with Gasteiger partial charge in [-0.3, -0.25) is 0 Å². The zero-order chi connectivity index (χ0) is 28.1. The molecule has 0 amide bonds. The zero-order valence-corrected chi connectivity index (χ0v) is 43.9. The zero-order valence-electron chi connectivity index (χ0n) is 30.2. The van der Waals surface area contributed by atoms with Crippen LogP contribution in [0, 0.1) is 0 Å². The van der Waals surface area contributed by atoms with E-state index in [4.69, 9.17) is 0 Å². The molecule has 0 bridgehead atoms. The van der Waals surface area contributed by atoms with Crippen molar-refractivity contribution in [3.05, 3.63) is 35.4 Å². The van der Waals surface area contributed by atoms with Crippen molar-refractivity contribution in [3.8, 4) is 0 Å². The molecule has 1 aromatic rings. The summed E-state index contributed by atoms with van der Waals surface area (Å²) >= 11 is 0. The smallest absolute Gasteiger partial charge is 0.0107 e. The molecule has 2 saturated heterocycles. The summed E-state index contributed by atoms with van der Waals surface area (Å²) in [6.07, 6.45) is 4.82. The van der Waals surface area contributed by atoms with Gasteiger partial charge in [0.1, 0.15) is 0 Å². The maximum absolute atomic E-state index is 3.65. The fraction of sp³-hybridized carbons (Fsp3) is 0.812. The first-order valence-corrected chi connectivity index (χ1v) is 16.5. The molecule has 0 spiro atoms. The number of halogens is 8. The van der Waals surface area contributed by atoms with E-state index in [0.717, 1.165) is 105 Å². The second kappa shape index (κ2) is 47.8. The van der Waals surface area contributed by atoms with Gasteiger partial charge in [0.05, 0.1) is 0 Å². The normalized spacial score (nSPS) is 18.8. The molecule has 0 aliphatic carbocycles. The van der Waals surface area contributed by atoms with Crippen molar-refractivity contribution >= 4 is 136 Å². The van der Waals surface area contributed by atoms with Crippen LogP contribution in [0.25, 0.3) is 0 Å². The van der Waals surface area contributed by atoms with E-state index in [-0.39, 0.29) is 147 Å². The molecule has 0 saturated carbocycles. The highest BCUT2D eigenvalue weighted by atomic mass is 79.9. The monoisotopic (exact) mass is 1230 g/mol. The van der Waals surface area contributed by atoms with E-state index in [1.165, 1.54) is 49.9 Å². The third-order valence-electron chi connectivity index (χ3n) is 8.38. The molecule has 1 aromatic carbocycles. The van der Waals surface area contributed by atoms with Crippen molar-refractivity contribution in [1.82, 2.24) is 41.7 Å². The van der Waals surface area contributed by atoms with Crippen molar-refractivity contribution in [2.75, 3.05) is 118 Å². The molecule has 18 heteroatoms. The average Bonchev–Trinajstić information content (AvgIpc) is 2.97. The number of benzene rings is 1.